The zero-order valence-electron chi connectivity index (χ0n) is 11.0. The molecule has 0 radical (unpaired) electrons. The molecule has 0 amide bonds. The van der Waals surface area contributed by atoms with Crippen molar-refractivity contribution < 1.29 is 0 Å². The van der Waals surface area contributed by atoms with Crippen LogP contribution in [-0.2, 0) is 0 Å². The predicted molar refractivity (Wildman–Crippen MR) is 72.8 cm³/mol. The second-order valence-electron chi connectivity index (χ2n) is 4.24. The standard InChI is InChI=1S/C12H28N2S/c1-6-12(7-2)13-10-11(3)14(4)8-9-15-5/h11-13H,6-10H2,1-5H3. The third kappa shape index (κ3) is 7.20. The minimum absolute atomic E-state index is 0.637. The largest absolute Gasteiger partial charge is 0.312 e. The van der Waals surface area contributed by atoms with E-state index in [9.17, 15) is 0 Å². The average molecular weight is 232 g/mol. The Kier molecular flexibility index (Phi) is 9.66. The van der Waals surface area contributed by atoms with Crippen LogP contribution in [0.25, 0.3) is 0 Å². The van der Waals surface area contributed by atoms with E-state index in [1.54, 1.807) is 0 Å². The van der Waals surface area contributed by atoms with Crippen LogP contribution in [0.1, 0.15) is 33.6 Å². The highest BCUT2D eigenvalue weighted by molar-refractivity contribution is 7.98. The maximum Gasteiger partial charge on any atom is 0.0189 e. The Morgan fingerprint density at radius 1 is 1.27 bits per heavy atom. The van der Waals surface area contributed by atoms with Gasteiger partial charge in [0.25, 0.3) is 0 Å². The van der Waals surface area contributed by atoms with Crippen LogP contribution in [0.15, 0.2) is 0 Å². The highest BCUT2D eigenvalue weighted by Gasteiger charge is 2.10. The molecule has 0 aromatic heterocycles. The quantitative estimate of drug-likeness (QED) is 0.657. The predicted octanol–water partition coefficient (Wildman–Crippen LogP) is 2.45. The van der Waals surface area contributed by atoms with Crippen LogP contribution in [-0.4, -0.2) is 49.1 Å². The van der Waals surface area contributed by atoms with Crippen molar-refractivity contribution in [3.05, 3.63) is 0 Å². The zero-order chi connectivity index (χ0) is 11.7. The van der Waals surface area contributed by atoms with Gasteiger partial charge in [0, 0.05) is 30.9 Å². The lowest BCUT2D eigenvalue weighted by Crippen LogP contribution is -2.42. The molecular weight excluding hydrogens is 204 g/mol. The number of likely N-dealkylation sites (N-methyl/N-ethyl adjacent to an activating group) is 1. The Labute approximate surface area is 100 Å². The molecule has 0 aliphatic heterocycles. The van der Waals surface area contributed by atoms with E-state index in [0.29, 0.717) is 12.1 Å². The highest BCUT2D eigenvalue weighted by Crippen LogP contribution is 2.01. The first-order valence-corrected chi connectivity index (χ1v) is 7.47. The monoisotopic (exact) mass is 232 g/mol. The van der Waals surface area contributed by atoms with Crippen molar-refractivity contribution in [1.82, 2.24) is 10.2 Å². The topological polar surface area (TPSA) is 15.3 Å². The van der Waals surface area contributed by atoms with Gasteiger partial charge in [0.15, 0.2) is 0 Å². The molecule has 0 rings (SSSR count). The molecular formula is C12H28N2S. The number of nitrogens with zero attached hydrogens (tertiary/aromatic N) is 1. The molecule has 15 heavy (non-hydrogen) atoms. The van der Waals surface area contributed by atoms with Crippen LogP contribution < -0.4 is 5.32 Å². The van der Waals surface area contributed by atoms with Gasteiger partial charge in [-0.05, 0) is 33.1 Å². The van der Waals surface area contributed by atoms with Crippen LogP contribution in [0, 0.1) is 0 Å². The van der Waals surface area contributed by atoms with E-state index in [1.165, 1.54) is 25.1 Å². The van der Waals surface area contributed by atoms with Crippen molar-refractivity contribution in [3.8, 4) is 0 Å². The summed E-state index contributed by atoms with van der Waals surface area (Å²) in [6.45, 7) is 9.10. The van der Waals surface area contributed by atoms with Gasteiger partial charge in [-0.1, -0.05) is 13.8 Å². The van der Waals surface area contributed by atoms with E-state index < -0.39 is 0 Å². The van der Waals surface area contributed by atoms with Crippen molar-refractivity contribution >= 4 is 11.8 Å². The third-order valence-corrected chi connectivity index (χ3v) is 3.68. The normalized spacial score (nSPS) is 13.8. The number of hydrogen-bond donors (Lipinski definition) is 1. The fraction of sp³-hybridized carbons (Fsp3) is 1.00. The molecule has 92 valence electrons. The molecule has 2 nitrogen and oxygen atoms in total. The molecule has 0 aliphatic rings. The Hall–Kier alpha value is 0.270. The molecule has 1 atom stereocenters. The molecule has 1 unspecified atom stereocenters. The first-order chi connectivity index (χ1) is 7.15. The van der Waals surface area contributed by atoms with Crippen molar-refractivity contribution in [2.24, 2.45) is 0 Å². The van der Waals surface area contributed by atoms with Gasteiger partial charge in [-0.25, -0.2) is 0 Å². The van der Waals surface area contributed by atoms with Crippen molar-refractivity contribution in [3.63, 3.8) is 0 Å². The van der Waals surface area contributed by atoms with Gasteiger partial charge < -0.3 is 10.2 Å². The summed E-state index contributed by atoms with van der Waals surface area (Å²) in [7, 11) is 2.22. The number of rotatable bonds is 9. The second kappa shape index (κ2) is 9.49. The molecule has 0 heterocycles. The molecule has 0 saturated heterocycles. The summed E-state index contributed by atoms with van der Waals surface area (Å²) in [6, 6.07) is 1.33. The Morgan fingerprint density at radius 3 is 2.33 bits per heavy atom. The second-order valence-corrected chi connectivity index (χ2v) is 5.23. The van der Waals surface area contributed by atoms with Gasteiger partial charge in [0.1, 0.15) is 0 Å². The first kappa shape index (κ1) is 15.3. The first-order valence-electron chi connectivity index (χ1n) is 6.08. The van der Waals surface area contributed by atoms with Gasteiger partial charge in [-0.2, -0.15) is 11.8 Å². The summed E-state index contributed by atoms with van der Waals surface area (Å²) in [4.78, 5) is 2.44. The van der Waals surface area contributed by atoms with Crippen LogP contribution in [0.4, 0.5) is 0 Å². The van der Waals surface area contributed by atoms with E-state index >= 15 is 0 Å². The summed E-state index contributed by atoms with van der Waals surface area (Å²) >= 11 is 1.92. The van der Waals surface area contributed by atoms with Crippen LogP contribution in [0.3, 0.4) is 0 Å². The molecule has 0 aliphatic carbocycles. The lowest BCUT2D eigenvalue weighted by molar-refractivity contribution is 0.256. The number of nitrogens with one attached hydrogen (secondary N) is 1. The SMILES string of the molecule is CCC(CC)NCC(C)N(C)CCSC. The molecule has 0 saturated carbocycles. The maximum absolute atomic E-state index is 3.63. The van der Waals surface area contributed by atoms with E-state index in [4.69, 9.17) is 0 Å². The molecule has 0 aromatic rings. The molecule has 0 spiro atoms. The van der Waals surface area contributed by atoms with E-state index in [-0.39, 0.29) is 0 Å². The third-order valence-electron chi connectivity index (χ3n) is 3.09. The zero-order valence-corrected chi connectivity index (χ0v) is 11.9. The van der Waals surface area contributed by atoms with Crippen molar-refractivity contribution in [2.75, 3.05) is 32.1 Å². The minimum Gasteiger partial charge on any atom is -0.312 e. The van der Waals surface area contributed by atoms with E-state index in [1.807, 2.05) is 11.8 Å². The fourth-order valence-electron chi connectivity index (χ4n) is 1.53. The smallest absolute Gasteiger partial charge is 0.0189 e. The molecule has 1 N–H and O–H groups in total. The highest BCUT2D eigenvalue weighted by atomic mass is 32.2. The van der Waals surface area contributed by atoms with E-state index in [2.05, 4.69) is 44.3 Å². The van der Waals surface area contributed by atoms with Crippen LogP contribution in [0.2, 0.25) is 0 Å². The Morgan fingerprint density at radius 2 is 1.87 bits per heavy atom. The Bertz CT molecular complexity index is 138. The lowest BCUT2D eigenvalue weighted by Gasteiger charge is -2.26. The summed E-state index contributed by atoms with van der Waals surface area (Å²) in [5.41, 5.74) is 0. The van der Waals surface area contributed by atoms with Crippen molar-refractivity contribution in [2.45, 2.75) is 45.7 Å². The lowest BCUT2D eigenvalue weighted by atomic mass is 10.1. The van der Waals surface area contributed by atoms with Gasteiger partial charge in [-0.15, -0.1) is 0 Å². The fourth-order valence-corrected chi connectivity index (χ4v) is 2.00. The van der Waals surface area contributed by atoms with Gasteiger partial charge in [-0.3, -0.25) is 0 Å². The summed E-state index contributed by atoms with van der Waals surface area (Å²) in [5, 5.41) is 3.63. The number of hydrogen-bond acceptors (Lipinski definition) is 3. The molecule has 0 bridgehead atoms. The minimum atomic E-state index is 0.637. The molecule has 0 aromatic carbocycles. The van der Waals surface area contributed by atoms with Crippen LogP contribution >= 0.6 is 11.8 Å². The van der Waals surface area contributed by atoms with Gasteiger partial charge >= 0.3 is 0 Å². The maximum atomic E-state index is 3.63. The van der Waals surface area contributed by atoms with Gasteiger partial charge in [0.05, 0.1) is 0 Å². The van der Waals surface area contributed by atoms with Crippen molar-refractivity contribution in [1.29, 1.82) is 0 Å². The summed E-state index contributed by atoms with van der Waals surface area (Å²) in [5.74, 6) is 1.23. The van der Waals surface area contributed by atoms with E-state index in [0.717, 1.165) is 6.54 Å². The average Bonchev–Trinajstić information content (AvgIpc) is 2.26. The number of thioether (sulfide) groups is 1. The Balaban J connectivity index is 3.66. The van der Waals surface area contributed by atoms with Gasteiger partial charge in [0.2, 0.25) is 0 Å². The summed E-state index contributed by atoms with van der Waals surface area (Å²) in [6.07, 6.45) is 4.64. The van der Waals surface area contributed by atoms with Crippen LogP contribution in [0.5, 0.6) is 0 Å². The molecule has 0 fully saturated rings. The summed E-state index contributed by atoms with van der Waals surface area (Å²) < 4.78 is 0. The molecule has 3 heteroatoms.